The third-order valence-corrected chi connectivity index (χ3v) is 9.99. The van der Waals surface area contributed by atoms with Crippen molar-refractivity contribution < 1.29 is 24.2 Å². The van der Waals surface area contributed by atoms with Crippen molar-refractivity contribution in [2.45, 2.75) is 103 Å². The third kappa shape index (κ3) is 5.22. The van der Waals surface area contributed by atoms with Crippen LogP contribution in [0.5, 0.6) is 0 Å². The number of ether oxygens (including phenoxy) is 1. The van der Waals surface area contributed by atoms with E-state index < -0.39 is 40.7 Å². The zero-order chi connectivity index (χ0) is 32.2. The van der Waals surface area contributed by atoms with E-state index >= 15 is 4.79 Å². The standard InChI is InChI=1S/C36H51N3O5/c1-9-35-17-13-19-37(25-15-11-10-12-16-25)30(41)27(35)28-31(42)39(26(22-40)21-24(2)3)29-32(43)38(20-14-18-36(28,29)44-35)34(7,8)23-33(4,5)6/h10-18,24,26-29,40H,9,19-23H2,1-8H3/t26-,27-,28+,29?,35+,36+/m1/s1. The number of aliphatic hydroxyl groups is 1. The van der Waals surface area contributed by atoms with Crippen LogP contribution in [0.2, 0.25) is 0 Å². The molecule has 4 aliphatic heterocycles. The molecule has 0 saturated carbocycles. The van der Waals surface area contributed by atoms with Gasteiger partial charge in [-0.2, -0.15) is 0 Å². The van der Waals surface area contributed by atoms with E-state index in [2.05, 4.69) is 34.6 Å². The number of amides is 3. The van der Waals surface area contributed by atoms with E-state index in [4.69, 9.17) is 4.74 Å². The maximum absolute atomic E-state index is 15.0. The second-order valence-corrected chi connectivity index (χ2v) is 15.4. The van der Waals surface area contributed by atoms with Crippen molar-refractivity contribution in [3.8, 4) is 0 Å². The van der Waals surface area contributed by atoms with Crippen molar-refractivity contribution in [3.05, 3.63) is 54.6 Å². The van der Waals surface area contributed by atoms with Gasteiger partial charge >= 0.3 is 0 Å². The van der Waals surface area contributed by atoms with Gasteiger partial charge in [0.25, 0.3) is 0 Å². The summed E-state index contributed by atoms with van der Waals surface area (Å²) in [6.45, 7) is 17.2. The number of fused-ring (bicyclic) bond motifs is 2. The normalized spacial score (nSPS) is 31.3. The van der Waals surface area contributed by atoms with Crippen molar-refractivity contribution in [2.75, 3.05) is 24.6 Å². The van der Waals surface area contributed by atoms with E-state index in [-0.39, 0.29) is 35.7 Å². The molecular formula is C36H51N3O5. The molecule has 0 bridgehead atoms. The maximum atomic E-state index is 15.0. The molecule has 1 unspecified atom stereocenters. The molecular weight excluding hydrogens is 554 g/mol. The van der Waals surface area contributed by atoms with Crippen LogP contribution in [0.1, 0.15) is 74.7 Å². The van der Waals surface area contributed by atoms with Gasteiger partial charge in [0, 0.05) is 24.3 Å². The first-order chi connectivity index (χ1) is 20.6. The Labute approximate surface area is 263 Å². The van der Waals surface area contributed by atoms with Crippen LogP contribution < -0.4 is 4.90 Å². The molecule has 0 radical (unpaired) electrons. The number of rotatable bonds is 8. The molecule has 240 valence electrons. The summed E-state index contributed by atoms with van der Waals surface area (Å²) in [4.78, 5) is 49.8. The number of anilines is 1. The Kier molecular flexibility index (Phi) is 8.43. The Hall–Kier alpha value is -2.97. The summed E-state index contributed by atoms with van der Waals surface area (Å²) >= 11 is 0. The largest absolute Gasteiger partial charge is 0.394 e. The number of benzene rings is 1. The van der Waals surface area contributed by atoms with Gasteiger partial charge in [0.15, 0.2) is 0 Å². The Morgan fingerprint density at radius 3 is 2.18 bits per heavy atom. The lowest BCUT2D eigenvalue weighted by Crippen LogP contribution is -2.62. The quantitative estimate of drug-likeness (QED) is 0.423. The van der Waals surface area contributed by atoms with E-state index in [0.717, 1.165) is 12.1 Å². The van der Waals surface area contributed by atoms with Crippen LogP contribution in [-0.2, 0) is 19.1 Å². The van der Waals surface area contributed by atoms with Gasteiger partial charge in [0.05, 0.1) is 30.1 Å². The molecule has 1 spiro atoms. The molecule has 2 saturated heterocycles. The number of para-hydroxylation sites is 1. The lowest BCUT2D eigenvalue weighted by Gasteiger charge is -2.46. The Morgan fingerprint density at radius 2 is 1.59 bits per heavy atom. The van der Waals surface area contributed by atoms with Crippen LogP contribution in [0.25, 0.3) is 0 Å². The van der Waals surface area contributed by atoms with E-state index in [1.165, 1.54) is 0 Å². The zero-order valence-corrected chi connectivity index (χ0v) is 27.7. The van der Waals surface area contributed by atoms with Gasteiger partial charge in [-0.05, 0) is 56.6 Å². The number of likely N-dealkylation sites (tertiary alicyclic amines) is 1. The molecule has 1 aromatic carbocycles. The first-order valence-corrected chi connectivity index (χ1v) is 16.3. The molecule has 5 rings (SSSR count). The summed E-state index contributed by atoms with van der Waals surface area (Å²) in [5.41, 5.74) is -2.22. The summed E-state index contributed by atoms with van der Waals surface area (Å²) in [7, 11) is 0. The highest BCUT2D eigenvalue weighted by molar-refractivity contribution is 6.04. The summed E-state index contributed by atoms with van der Waals surface area (Å²) in [6.07, 6.45) is 9.54. The van der Waals surface area contributed by atoms with Crippen LogP contribution in [-0.4, -0.2) is 81.1 Å². The SMILES string of the molecule is CC[C@]12C=CCN(c3ccccc3)C(=O)[C@H]1[C@H]1C(=O)N([C@@H](CO)CC(C)C)C3C(=O)N(C(C)(C)CC(C)(C)C)CC=C[C@@]31O2. The first kappa shape index (κ1) is 32.4. The predicted molar refractivity (Wildman–Crippen MR) is 172 cm³/mol. The van der Waals surface area contributed by atoms with Gasteiger partial charge in [0.1, 0.15) is 11.6 Å². The summed E-state index contributed by atoms with van der Waals surface area (Å²) in [5, 5.41) is 10.7. The van der Waals surface area contributed by atoms with E-state index in [1.807, 2.05) is 80.3 Å². The molecule has 2 fully saturated rings. The second-order valence-electron chi connectivity index (χ2n) is 15.4. The summed E-state index contributed by atoms with van der Waals surface area (Å²) in [6, 6.07) is 7.91. The van der Waals surface area contributed by atoms with Crippen molar-refractivity contribution in [1.82, 2.24) is 9.80 Å². The van der Waals surface area contributed by atoms with Crippen molar-refractivity contribution >= 4 is 23.4 Å². The van der Waals surface area contributed by atoms with Crippen LogP contribution >= 0.6 is 0 Å². The number of hydrogen-bond donors (Lipinski definition) is 1. The summed E-state index contributed by atoms with van der Waals surface area (Å²) < 4.78 is 7.15. The van der Waals surface area contributed by atoms with Gasteiger partial charge in [0.2, 0.25) is 17.7 Å². The fourth-order valence-corrected chi connectivity index (χ4v) is 8.69. The van der Waals surface area contributed by atoms with Crippen LogP contribution in [0.3, 0.4) is 0 Å². The van der Waals surface area contributed by atoms with Gasteiger partial charge in [-0.15, -0.1) is 0 Å². The Bertz CT molecular complexity index is 1330. The van der Waals surface area contributed by atoms with Crippen molar-refractivity contribution in [2.24, 2.45) is 23.2 Å². The number of nitrogens with zero attached hydrogens (tertiary/aromatic N) is 3. The molecule has 1 aromatic rings. The van der Waals surface area contributed by atoms with Crippen LogP contribution in [0.15, 0.2) is 54.6 Å². The average Bonchev–Trinajstić information content (AvgIpc) is 3.23. The van der Waals surface area contributed by atoms with E-state index in [1.54, 1.807) is 9.80 Å². The molecule has 1 N–H and O–H groups in total. The lowest BCUT2D eigenvalue weighted by atomic mass is 9.72. The van der Waals surface area contributed by atoms with Crippen molar-refractivity contribution in [1.29, 1.82) is 0 Å². The molecule has 0 aliphatic carbocycles. The van der Waals surface area contributed by atoms with Gasteiger partial charge in [-0.25, -0.2) is 0 Å². The van der Waals surface area contributed by atoms with E-state index in [0.29, 0.717) is 25.9 Å². The second kappa shape index (κ2) is 11.4. The zero-order valence-electron chi connectivity index (χ0n) is 27.7. The molecule has 6 atom stereocenters. The van der Waals surface area contributed by atoms with Crippen molar-refractivity contribution in [3.63, 3.8) is 0 Å². The average molecular weight is 606 g/mol. The number of hydrogen-bond acceptors (Lipinski definition) is 5. The smallest absolute Gasteiger partial charge is 0.249 e. The third-order valence-electron chi connectivity index (χ3n) is 9.99. The molecule has 4 aliphatic rings. The highest BCUT2D eigenvalue weighted by Crippen LogP contribution is 2.59. The fourth-order valence-electron chi connectivity index (χ4n) is 8.69. The topological polar surface area (TPSA) is 90.4 Å². The van der Waals surface area contributed by atoms with Crippen LogP contribution in [0.4, 0.5) is 5.69 Å². The predicted octanol–water partition coefficient (Wildman–Crippen LogP) is 4.97. The number of carbonyl (C=O) groups is 3. The van der Waals surface area contributed by atoms with E-state index in [9.17, 15) is 14.7 Å². The number of carbonyl (C=O) groups excluding carboxylic acids is 3. The molecule has 3 amide bonds. The Morgan fingerprint density at radius 1 is 0.932 bits per heavy atom. The lowest BCUT2D eigenvalue weighted by molar-refractivity contribution is -0.159. The van der Waals surface area contributed by atoms with Crippen LogP contribution in [0, 0.1) is 23.2 Å². The minimum atomic E-state index is -1.36. The monoisotopic (exact) mass is 605 g/mol. The molecule has 4 heterocycles. The van der Waals surface area contributed by atoms with Gasteiger partial charge in [-0.1, -0.05) is 84.0 Å². The minimum Gasteiger partial charge on any atom is -0.394 e. The molecule has 44 heavy (non-hydrogen) atoms. The van der Waals surface area contributed by atoms with Gasteiger partial charge in [-0.3, -0.25) is 14.4 Å². The summed E-state index contributed by atoms with van der Waals surface area (Å²) in [5.74, 6) is -2.25. The Balaban J connectivity index is 1.69. The van der Waals surface area contributed by atoms with Gasteiger partial charge < -0.3 is 24.5 Å². The maximum Gasteiger partial charge on any atom is 0.249 e. The first-order valence-electron chi connectivity index (χ1n) is 16.3. The highest BCUT2D eigenvalue weighted by atomic mass is 16.5. The number of aliphatic hydroxyl groups excluding tert-OH is 1. The molecule has 0 aromatic heterocycles. The molecule has 8 heteroatoms. The fraction of sp³-hybridized carbons (Fsp3) is 0.639. The minimum absolute atomic E-state index is 0.0437. The highest BCUT2D eigenvalue weighted by Gasteiger charge is 2.76. The molecule has 8 nitrogen and oxygen atoms in total.